The Morgan fingerprint density at radius 3 is 2.61 bits per heavy atom. The van der Waals surface area contributed by atoms with E-state index < -0.39 is 5.97 Å². The van der Waals surface area contributed by atoms with Crippen LogP contribution in [0.25, 0.3) is 17.3 Å². The van der Waals surface area contributed by atoms with Crippen molar-refractivity contribution >= 4 is 5.97 Å². The first-order valence-corrected chi connectivity index (χ1v) is 7.05. The van der Waals surface area contributed by atoms with Gasteiger partial charge in [-0.05, 0) is 19.1 Å². The van der Waals surface area contributed by atoms with Gasteiger partial charge in [0.15, 0.2) is 11.6 Å². The molecule has 8 heteroatoms. The number of hydrogen-bond donors (Lipinski definition) is 1. The van der Waals surface area contributed by atoms with Crippen molar-refractivity contribution < 1.29 is 14.4 Å². The van der Waals surface area contributed by atoms with Crippen LogP contribution in [0.4, 0.5) is 0 Å². The van der Waals surface area contributed by atoms with Crippen molar-refractivity contribution in [2.75, 3.05) is 0 Å². The molecule has 0 bridgehead atoms. The van der Waals surface area contributed by atoms with Crippen LogP contribution in [0.1, 0.15) is 41.6 Å². The largest absolute Gasteiger partial charge is 0.478 e. The van der Waals surface area contributed by atoms with Gasteiger partial charge in [0.05, 0.1) is 17.5 Å². The van der Waals surface area contributed by atoms with Crippen molar-refractivity contribution in [3.8, 4) is 17.3 Å². The third-order valence-electron chi connectivity index (χ3n) is 3.41. The smallest absolute Gasteiger partial charge is 0.339 e. The second kappa shape index (κ2) is 5.64. The van der Waals surface area contributed by atoms with E-state index in [1.54, 1.807) is 25.3 Å². The van der Waals surface area contributed by atoms with Gasteiger partial charge in [0, 0.05) is 12.1 Å². The molecule has 3 aromatic heterocycles. The predicted octanol–water partition coefficient (Wildman–Crippen LogP) is 2.45. The minimum atomic E-state index is -1.02. The second-order valence-electron chi connectivity index (χ2n) is 5.38. The molecule has 3 aromatic rings. The highest BCUT2D eigenvalue weighted by atomic mass is 16.5. The van der Waals surface area contributed by atoms with Crippen LogP contribution >= 0.6 is 0 Å². The zero-order valence-corrected chi connectivity index (χ0v) is 12.9. The van der Waals surface area contributed by atoms with Crippen molar-refractivity contribution in [3.05, 3.63) is 41.6 Å². The normalized spacial score (nSPS) is 11.1. The molecule has 23 heavy (non-hydrogen) atoms. The Kier molecular flexibility index (Phi) is 3.65. The maximum Gasteiger partial charge on any atom is 0.339 e. The van der Waals surface area contributed by atoms with E-state index >= 15 is 0 Å². The van der Waals surface area contributed by atoms with Crippen LogP contribution in [-0.4, -0.2) is 36.0 Å². The Hall–Kier alpha value is -3.03. The highest BCUT2D eigenvalue weighted by Gasteiger charge is 2.15. The lowest BCUT2D eigenvalue weighted by atomic mass is 10.2. The highest BCUT2D eigenvalue weighted by molar-refractivity contribution is 5.88. The van der Waals surface area contributed by atoms with Crippen LogP contribution in [0.2, 0.25) is 0 Å². The van der Waals surface area contributed by atoms with E-state index in [2.05, 4.69) is 20.2 Å². The van der Waals surface area contributed by atoms with E-state index in [4.69, 9.17) is 9.63 Å². The molecule has 0 saturated carbocycles. The van der Waals surface area contributed by atoms with Gasteiger partial charge in [-0.25, -0.2) is 14.5 Å². The Bertz CT molecular complexity index is 848. The fourth-order valence-electron chi connectivity index (χ4n) is 2.08. The SMILES string of the molecule is Cc1c(C(=O)O)cnn1-c1ccc(-c2nc(C(C)C)no2)cn1. The summed E-state index contributed by atoms with van der Waals surface area (Å²) in [7, 11) is 0. The van der Waals surface area contributed by atoms with Crippen molar-refractivity contribution in [1.29, 1.82) is 0 Å². The van der Waals surface area contributed by atoms with Crippen LogP contribution in [0.3, 0.4) is 0 Å². The molecule has 0 aliphatic rings. The van der Waals surface area contributed by atoms with Gasteiger partial charge in [0.1, 0.15) is 5.56 Å². The van der Waals surface area contributed by atoms with E-state index in [0.29, 0.717) is 28.8 Å². The average Bonchev–Trinajstić information content (AvgIpc) is 3.14. The summed E-state index contributed by atoms with van der Waals surface area (Å²) in [5, 5.41) is 17.0. The molecule has 0 radical (unpaired) electrons. The molecule has 3 heterocycles. The molecule has 1 N–H and O–H groups in total. The number of pyridine rings is 1. The van der Waals surface area contributed by atoms with Gasteiger partial charge < -0.3 is 9.63 Å². The second-order valence-corrected chi connectivity index (χ2v) is 5.38. The molecular weight excluding hydrogens is 298 g/mol. The number of aromatic nitrogens is 5. The van der Waals surface area contributed by atoms with Gasteiger partial charge in [-0.15, -0.1) is 0 Å². The molecule has 0 saturated heterocycles. The maximum absolute atomic E-state index is 11.1. The topological polar surface area (TPSA) is 107 Å². The Morgan fingerprint density at radius 1 is 1.30 bits per heavy atom. The summed E-state index contributed by atoms with van der Waals surface area (Å²) in [4.78, 5) is 19.7. The molecule has 0 aliphatic heterocycles. The Balaban J connectivity index is 1.91. The van der Waals surface area contributed by atoms with Crippen LogP contribution in [0.5, 0.6) is 0 Å². The minimum absolute atomic E-state index is 0.148. The average molecular weight is 313 g/mol. The fourth-order valence-corrected chi connectivity index (χ4v) is 2.08. The third kappa shape index (κ3) is 2.70. The zero-order valence-electron chi connectivity index (χ0n) is 12.9. The van der Waals surface area contributed by atoms with E-state index in [1.165, 1.54) is 10.9 Å². The predicted molar refractivity (Wildman–Crippen MR) is 80.4 cm³/mol. The lowest BCUT2D eigenvalue weighted by molar-refractivity contribution is 0.0696. The number of rotatable bonds is 4. The van der Waals surface area contributed by atoms with Gasteiger partial charge in [-0.2, -0.15) is 10.1 Å². The molecule has 0 fully saturated rings. The summed E-state index contributed by atoms with van der Waals surface area (Å²) < 4.78 is 6.69. The van der Waals surface area contributed by atoms with E-state index in [1.807, 2.05) is 13.8 Å². The first kappa shape index (κ1) is 14.9. The van der Waals surface area contributed by atoms with Crippen molar-refractivity contribution in [2.24, 2.45) is 0 Å². The molecule has 3 rings (SSSR count). The first-order chi connectivity index (χ1) is 11.0. The van der Waals surface area contributed by atoms with Gasteiger partial charge in [0.2, 0.25) is 0 Å². The van der Waals surface area contributed by atoms with Crippen molar-refractivity contribution in [2.45, 2.75) is 26.7 Å². The molecule has 0 aliphatic carbocycles. The number of aromatic carboxylic acids is 1. The lowest BCUT2D eigenvalue weighted by Gasteiger charge is -2.03. The number of carbonyl (C=O) groups is 1. The molecule has 0 unspecified atom stereocenters. The summed E-state index contributed by atoms with van der Waals surface area (Å²) in [5.41, 5.74) is 1.35. The molecule has 8 nitrogen and oxygen atoms in total. The van der Waals surface area contributed by atoms with E-state index in [0.717, 1.165) is 0 Å². The van der Waals surface area contributed by atoms with E-state index in [9.17, 15) is 4.79 Å². The summed E-state index contributed by atoms with van der Waals surface area (Å²) in [6.07, 6.45) is 2.90. The summed E-state index contributed by atoms with van der Waals surface area (Å²) in [6.45, 7) is 5.64. The minimum Gasteiger partial charge on any atom is -0.478 e. The Morgan fingerprint density at radius 2 is 2.09 bits per heavy atom. The zero-order chi connectivity index (χ0) is 16.6. The Labute approximate surface area is 131 Å². The van der Waals surface area contributed by atoms with Gasteiger partial charge in [-0.3, -0.25) is 0 Å². The molecule has 0 amide bonds. The molecule has 0 atom stereocenters. The summed E-state index contributed by atoms with van der Waals surface area (Å²) in [6, 6.07) is 3.50. The van der Waals surface area contributed by atoms with Crippen LogP contribution < -0.4 is 0 Å². The molecule has 0 spiro atoms. The number of carboxylic acid groups (broad SMARTS) is 1. The van der Waals surface area contributed by atoms with Crippen molar-refractivity contribution in [3.63, 3.8) is 0 Å². The molecule has 118 valence electrons. The van der Waals surface area contributed by atoms with Gasteiger partial charge in [0.25, 0.3) is 5.89 Å². The molecule has 0 aromatic carbocycles. The first-order valence-electron chi connectivity index (χ1n) is 7.05. The quantitative estimate of drug-likeness (QED) is 0.788. The fraction of sp³-hybridized carbons (Fsp3) is 0.267. The monoisotopic (exact) mass is 313 g/mol. The van der Waals surface area contributed by atoms with E-state index in [-0.39, 0.29) is 11.5 Å². The standard InChI is InChI=1S/C15H15N5O3/c1-8(2)13-18-14(23-19-13)10-4-5-12(16-6-10)20-9(3)11(7-17-20)15(21)22/h4-8H,1-3H3,(H,21,22). The molecular formula is C15H15N5O3. The van der Waals surface area contributed by atoms with Crippen LogP contribution in [-0.2, 0) is 0 Å². The summed E-state index contributed by atoms with van der Waals surface area (Å²) in [5.74, 6) is 0.718. The lowest BCUT2D eigenvalue weighted by Crippen LogP contribution is -2.04. The maximum atomic E-state index is 11.1. The van der Waals surface area contributed by atoms with Crippen LogP contribution in [0.15, 0.2) is 29.0 Å². The van der Waals surface area contributed by atoms with Crippen molar-refractivity contribution in [1.82, 2.24) is 24.9 Å². The summed E-state index contributed by atoms with van der Waals surface area (Å²) >= 11 is 0. The third-order valence-corrected chi connectivity index (χ3v) is 3.41. The van der Waals surface area contributed by atoms with Gasteiger partial charge >= 0.3 is 5.97 Å². The number of carboxylic acids is 1. The highest BCUT2D eigenvalue weighted by Crippen LogP contribution is 2.20. The van der Waals surface area contributed by atoms with Crippen LogP contribution in [0, 0.1) is 6.92 Å². The number of hydrogen-bond acceptors (Lipinski definition) is 6. The number of nitrogens with zero attached hydrogens (tertiary/aromatic N) is 5. The van der Waals surface area contributed by atoms with Gasteiger partial charge in [-0.1, -0.05) is 19.0 Å².